The molecule has 2 saturated heterocycles. The molecule has 3 heterocycles. The Morgan fingerprint density at radius 2 is 1.86 bits per heavy atom. The topological polar surface area (TPSA) is 49.3 Å². The minimum Gasteiger partial charge on any atom is -0.337 e. The molecular formula is C15H21ClN4O. The molecule has 5 nitrogen and oxygen atoms in total. The van der Waals surface area contributed by atoms with Crippen LogP contribution in [-0.4, -0.2) is 58.4 Å². The van der Waals surface area contributed by atoms with E-state index in [1.807, 2.05) is 4.90 Å². The molecule has 0 saturated carbocycles. The first-order valence-electron chi connectivity index (χ1n) is 7.71. The van der Waals surface area contributed by atoms with Crippen molar-refractivity contribution in [3.63, 3.8) is 0 Å². The Kier molecular flexibility index (Phi) is 4.70. The zero-order valence-corrected chi connectivity index (χ0v) is 12.9. The highest BCUT2D eigenvalue weighted by molar-refractivity contribution is 6.29. The molecule has 0 aromatic carbocycles. The quantitative estimate of drug-likeness (QED) is 0.858. The molecule has 3 rings (SSSR count). The highest BCUT2D eigenvalue weighted by Gasteiger charge is 2.26. The average Bonchev–Trinajstić information content (AvgIpc) is 3.01. The van der Waals surface area contributed by atoms with Gasteiger partial charge in [-0.3, -0.25) is 4.79 Å². The monoisotopic (exact) mass is 308 g/mol. The van der Waals surface area contributed by atoms with Crippen molar-refractivity contribution in [3.8, 4) is 0 Å². The molecule has 1 aromatic heterocycles. The summed E-state index contributed by atoms with van der Waals surface area (Å²) >= 11 is 5.70. The van der Waals surface area contributed by atoms with Gasteiger partial charge in [-0.1, -0.05) is 11.6 Å². The largest absolute Gasteiger partial charge is 0.337 e. The van der Waals surface area contributed by atoms with Gasteiger partial charge in [0.1, 0.15) is 10.8 Å². The molecule has 0 spiro atoms. The second-order valence-corrected chi connectivity index (χ2v) is 6.35. The molecule has 2 aliphatic heterocycles. The summed E-state index contributed by atoms with van der Waals surface area (Å²) in [5.74, 6) is 0.697. The molecule has 2 aliphatic rings. The molecule has 0 atom stereocenters. The van der Waals surface area contributed by atoms with Crippen molar-refractivity contribution in [2.75, 3.05) is 32.7 Å². The Balaban J connectivity index is 1.50. The van der Waals surface area contributed by atoms with E-state index in [1.165, 1.54) is 44.9 Å². The van der Waals surface area contributed by atoms with E-state index >= 15 is 0 Å². The van der Waals surface area contributed by atoms with Crippen LogP contribution in [0, 0.1) is 5.92 Å². The Hall–Kier alpha value is -1.20. The van der Waals surface area contributed by atoms with E-state index in [4.69, 9.17) is 11.6 Å². The molecule has 1 aromatic rings. The lowest BCUT2D eigenvalue weighted by Gasteiger charge is -2.33. The highest BCUT2D eigenvalue weighted by atomic mass is 35.5. The SMILES string of the molecule is O=C(c1cnc(Cl)cn1)N1CCC(CN2CCCC2)CC1. The van der Waals surface area contributed by atoms with Crippen LogP contribution in [0.4, 0.5) is 0 Å². The van der Waals surface area contributed by atoms with Gasteiger partial charge in [0.05, 0.1) is 12.4 Å². The fraction of sp³-hybridized carbons (Fsp3) is 0.667. The fourth-order valence-corrected chi connectivity index (χ4v) is 3.33. The lowest BCUT2D eigenvalue weighted by molar-refractivity contribution is 0.0666. The van der Waals surface area contributed by atoms with Crippen LogP contribution in [0.3, 0.4) is 0 Å². The maximum Gasteiger partial charge on any atom is 0.274 e. The van der Waals surface area contributed by atoms with Gasteiger partial charge in [0.15, 0.2) is 0 Å². The third kappa shape index (κ3) is 3.71. The number of carbonyl (C=O) groups is 1. The molecule has 21 heavy (non-hydrogen) atoms. The predicted molar refractivity (Wildman–Crippen MR) is 81.3 cm³/mol. The lowest BCUT2D eigenvalue weighted by atomic mass is 9.96. The minimum absolute atomic E-state index is 0.0289. The highest BCUT2D eigenvalue weighted by Crippen LogP contribution is 2.21. The third-order valence-electron chi connectivity index (χ3n) is 4.46. The van der Waals surface area contributed by atoms with Crippen molar-refractivity contribution in [2.45, 2.75) is 25.7 Å². The zero-order valence-electron chi connectivity index (χ0n) is 12.2. The van der Waals surface area contributed by atoms with E-state index in [0.29, 0.717) is 10.8 Å². The van der Waals surface area contributed by atoms with Gasteiger partial charge in [-0.05, 0) is 44.7 Å². The van der Waals surface area contributed by atoms with E-state index in [2.05, 4.69) is 14.9 Å². The second-order valence-electron chi connectivity index (χ2n) is 5.97. The normalized spacial score (nSPS) is 20.9. The fourth-order valence-electron chi connectivity index (χ4n) is 3.23. The molecule has 114 valence electrons. The molecule has 0 radical (unpaired) electrons. The smallest absolute Gasteiger partial charge is 0.274 e. The number of rotatable bonds is 3. The maximum atomic E-state index is 12.3. The van der Waals surface area contributed by atoms with Crippen LogP contribution in [0.15, 0.2) is 12.4 Å². The van der Waals surface area contributed by atoms with Crippen LogP contribution in [0.5, 0.6) is 0 Å². The van der Waals surface area contributed by atoms with Gasteiger partial charge >= 0.3 is 0 Å². The molecule has 0 aliphatic carbocycles. The van der Waals surface area contributed by atoms with E-state index in [1.54, 1.807) is 0 Å². The number of hydrogen-bond acceptors (Lipinski definition) is 4. The van der Waals surface area contributed by atoms with Crippen LogP contribution in [0.1, 0.15) is 36.2 Å². The van der Waals surface area contributed by atoms with Crippen LogP contribution in [-0.2, 0) is 0 Å². The van der Waals surface area contributed by atoms with Gasteiger partial charge in [-0.15, -0.1) is 0 Å². The number of nitrogens with zero attached hydrogens (tertiary/aromatic N) is 4. The number of carbonyl (C=O) groups excluding carboxylic acids is 1. The van der Waals surface area contributed by atoms with Gasteiger partial charge in [0.2, 0.25) is 0 Å². The first kappa shape index (κ1) is 14.7. The number of aromatic nitrogens is 2. The van der Waals surface area contributed by atoms with Crippen LogP contribution < -0.4 is 0 Å². The number of hydrogen-bond donors (Lipinski definition) is 0. The molecule has 0 N–H and O–H groups in total. The summed E-state index contributed by atoms with van der Waals surface area (Å²) in [6.45, 7) is 5.34. The van der Waals surface area contributed by atoms with Crippen LogP contribution in [0.25, 0.3) is 0 Å². The number of halogens is 1. The summed E-state index contributed by atoms with van der Waals surface area (Å²) < 4.78 is 0. The van der Waals surface area contributed by atoms with Gasteiger partial charge in [-0.2, -0.15) is 0 Å². The van der Waals surface area contributed by atoms with E-state index in [-0.39, 0.29) is 5.91 Å². The van der Waals surface area contributed by atoms with E-state index in [9.17, 15) is 4.79 Å². The third-order valence-corrected chi connectivity index (χ3v) is 4.65. The Morgan fingerprint density at radius 1 is 1.14 bits per heavy atom. The molecular weight excluding hydrogens is 288 g/mol. The number of piperidine rings is 1. The van der Waals surface area contributed by atoms with Crippen molar-refractivity contribution < 1.29 is 4.79 Å². The van der Waals surface area contributed by atoms with E-state index in [0.717, 1.165) is 31.8 Å². The molecule has 0 unspecified atom stereocenters. The number of likely N-dealkylation sites (tertiary alicyclic amines) is 2. The van der Waals surface area contributed by atoms with Gasteiger partial charge < -0.3 is 9.80 Å². The Labute approximate surface area is 130 Å². The molecule has 2 fully saturated rings. The van der Waals surface area contributed by atoms with E-state index < -0.39 is 0 Å². The van der Waals surface area contributed by atoms with Crippen molar-refractivity contribution in [3.05, 3.63) is 23.2 Å². The van der Waals surface area contributed by atoms with Crippen molar-refractivity contribution >= 4 is 17.5 Å². The average molecular weight is 309 g/mol. The van der Waals surface area contributed by atoms with Crippen molar-refractivity contribution in [2.24, 2.45) is 5.92 Å². The summed E-state index contributed by atoms with van der Waals surface area (Å²) in [6.07, 6.45) is 7.74. The second kappa shape index (κ2) is 6.71. The standard InChI is InChI=1S/C15H21ClN4O/c16-14-10-17-13(9-18-14)15(21)20-7-3-12(4-8-20)11-19-5-1-2-6-19/h9-10,12H,1-8,11H2. The van der Waals surface area contributed by atoms with Gasteiger partial charge in [0.25, 0.3) is 5.91 Å². The van der Waals surface area contributed by atoms with Crippen LogP contribution >= 0.6 is 11.6 Å². The maximum absolute atomic E-state index is 12.3. The molecule has 0 bridgehead atoms. The first-order valence-corrected chi connectivity index (χ1v) is 8.09. The lowest BCUT2D eigenvalue weighted by Crippen LogP contribution is -2.41. The van der Waals surface area contributed by atoms with Crippen molar-refractivity contribution in [1.82, 2.24) is 19.8 Å². The molecule has 1 amide bonds. The van der Waals surface area contributed by atoms with Gasteiger partial charge in [0, 0.05) is 19.6 Å². The predicted octanol–water partition coefficient (Wildman–Crippen LogP) is 2.08. The Bertz CT molecular complexity index is 479. The van der Waals surface area contributed by atoms with Gasteiger partial charge in [-0.25, -0.2) is 9.97 Å². The minimum atomic E-state index is -0.0289. The Morgan fingerprint density at radius 3 is 2.48 bits per heavy atom. The summed E-state index contributed by atoms with van der Waals surface area (Å²) in [4.78, 5) is 24.8. The van der Waals surface area contributed by atoms with Crippen LogP contribution in [0.2, 0.25) is 5.15 Å². The van der Waals surface area contributed by atoms with Crippen molar-refractivity contribution in [1.29, 1.82) is 0 Å². The summed E-state index contributed by atoms with van der Waals surface area (Å²) in [7, 11) is 0. The zero-order chi connectivity index (χ0) is 14.7. The molecule has 6 heteroatoms. The summed E-state index contributed by atoms with van der Waals surface area (Å²) in [5, 5.41) is 0.316. The summed E-state index contributed by atoms with van der Waals surface area (Å²) in [5.41, 5.74) is 0.386. The summed E-state index contributed by atoms with van der Waals surface area (Å²) in [6, 6.07) is 0. The first-order chi connectivity index (χ1) is 10.2. The number of amides is 1.